The van der Waals surface area contributed by atoms with E-state index in [2.05, 4.69) is 77.0 Å². The van der Waals surface area contributed by atoms with Crippen LogP contribution in [0.3, 0.4) is 0 Å². The minimum absolute atomic E-state index is 1.17. The van der Waals surface area contributed by atoms with Crippen molar-refractivity contribution < 1.29 is 4.43 Å². The second kappa shape index (κ2) is 7.51. The van der Waals surface area contributed by atoms with Crippen LogP contribution >= 0.6 is 0 Å². The van der Waals surface area contributed by atoms with Gasteiger partial charge < -0.3 is 8.66 Å². The van der Waals surface area contributed by atoms with Crippen molar-refractivity contribution in [2.24, 2.45) is 0 Å². The Balaban J connectivity index is 5.80. The first-order valence-corrected chi connectivity index (χ1v) is 18.7. The summed E-state index contributed by atoms with van der Waals surface area (Å²) in [7, 11) is -4.34. The fourth-order valence-corrected chi connectivity index (χ4v) is 14.4. The zero-order valence-electron chi connectivity index (χ0n) is 16.5. The summed E-state index contributed by atoms with van der Waals surface area (Å²) in [5.74, 6) is 1.20. The lowest BCUT2D eigenvalue weighted by molar-refractivity contribution is 0.399. The number of rotatable bonds is 8. The van der Waals surface area contributed by atoms with E-state index in [-0.39, 0.29) is 0 Å². The maximum absolute atomic E-state index is 6.39. The molecule has 0 spiro atoms. The Kier molecular flexibility index (Phi) is 7.50. The van der Waals surface area contributed by atoms with Gasteiger partial charge in [0.05, 0.1) is 5.76 Å². The van der Waals surface area contributed by atoms with Gasteiger partial charge in [0.25, 0.3) is 0 Å². The molecule has 0 aliphatic heterocycles. The van der Waals surface area contributed by atoms with Crippen molar-refractivity contribution in [2.45, 2.75) is 92.0 Å². The van der Waals surface area contributed by atoms with Gasteiger partial charge >= 0.3 is 0 Å². The Morgan fingerprint density at radius 2 is 1.29 bits per heavy atom. The molecule has 5 heteroatoms. The van der Waals surface area contributed by atoms with Crippen molar-refractivity contribution in [1.82, 2.24) is 4.23 Å². The van der Waals surface area contributed by atoms with E-state index in [0.717, 1.165) is 0 Å². The highest BCUT2D eigenvalue weighted by Gasteiger charge is 2.37. The van der Waals surface area contributed by atoms with E-state index in [1.807, 2.05) is 0 Å². The SMILES string of the molecule is CCCC/C(=C(\C)O[Si](C)(C)C)N([Si](C)(C)C)[Si](C)(C)C. The molecule has 0 saturated carbocycles. The fourth-order valence-electron chi connectivity index (χ4n) is 3.12. The molecule has 0 aliphatic rings. The Hall–Kier alpha value is -0.00935. The molecule has 126 valence electrons. The summed E-state index contributed by atoms with van der Waals surface area (Å²) in [6.45, 7) is 26.1. The molecule has 0 fully saturated rings. The van der Waals surface area contributed by atoms with E-state index in [4.69, 9.17) is 4.43 Å². The number of hydrogen-bond donors (Lipinski definition) is 0. The molecule has 0 heterocycles. The van der Waals surface area contributed by atoms with Crippen LogP contribution in [0.5, 0.6) is 0 Å². The lowest BCUT2D eigenvalue weighted by Gasteiger charge is -2.48. The van der Waals surface area contributed by atoms with Crippen LogP contribution in [0, 0.1) is 0 Å². The lowest BCUT2D eigenvalue weighted by atomic mass is 10.2. The van der Waals surface area contributed by atoms with E-state index < -0.39 is 24.8 Å². The Morgan fingerprint density at radius 3 is 1.57 bits per heavy atom. The topological polar surface area (TPSA) is 12.5 Å². The molecule has 0 aliphatic carbocycles. The Morgan fingerprint density at radius 1 is 0.857 bits per heavy atom. The van der Waals surface area contributed by atoms with Crippen LogP contribution in [0.15, 0.2) is 11.5 Å². The maximum atomic E-state index is 6.39. The van der Waals surface area contributed by atoms with E-state index in [9.17, 15) is 0 Å². The average molecular weight is 346 g/mol. The molecule has 0 atom stereocenters. The van der Waals surface area contributed by atoms with Crippen LogP contribution in [-0.4, -0.2) is 29.0 Å². The third-order valence-electron chi connectivity index (χ3n) is 3.24. The van der Waals surface area contributed by atoms with Gasteiger partial charge in [-0.3, -0.25) is 0 Å². The molecule has 0 bridgehead atoms. The summed E-state index contributed by atoms with van der Waals surface area (Å²) in [6.07, 6.45) is 3.67. The molecule has 0 N–H and O–H groups in total. The van der Waals surface area contributed by atoms with Crippen molar-refractivity contribution in [2.75, 3.05) is 0 Å². The third kappa shape index (κ3) is 7.70. The first kappa shape index (κ1) is 21.0. The number of nitrogens with zero attached hydrogens (tertiary/aromatic N) is 1. The monoisotopic (exact) mass is 345 g/mol. The van der Waals surface area contributed by atoms with Crippen LogP contribution in [-0.2, 0) is 4.43 Å². The van der Waals surface area contributed by atoms with Crippen molar-refractivity contribution in [3.8, 4) is 0 Å². The average Bonchev–Trinajstić information content (AvgIpc) is 2.17. The van der Waals surface area contributed by atoms with Crippen LogP contribution in [0.25, 0.3) is 0 Å². The summed E-state index contributed by atoms with van der Waals surface area (Å²) < 4.78 is 9.23. The highest BCUT2D eigenvalue weighted by Crippen LogP contribution is 2.31. The Labute approximate surface area is 137 Å². The van der Waals surface area contributed by atoms with Crippen LogP contribution in [0.4, 0.5) is 0 Å². The molecular weight excluding hydrogens is 306 g/mol. The quantitative estimate of drug-likeness (QED) is 0.382. The number of hydrogen-bond acceptors (Lipinski definition) is 2. The first-order chi connectivity index (χ1) is 9.20. The maximum Gasteiger partial charge on any atom is 0.241 e. The normalized spacial score (nSPS) is 14.8. The predicted octanol–water partition coefficient (Wildman–Crippen LogP) is 6.23. The van der Waals surface area contributed by atoms with Gasteiger partial charge in [-0.2, -0.15) is 0 Å². The fraction of sp³-hybridized carbons (Fsp3) is 0.875. The smallest absolute Gasteiger partial charge is 0.241 e. The molecule has 2 nitrogen and oxygen atoms in total. The van der Waals surface area contributed by atoms with E-state index in [1.165, 1.54) is 30.7 Å². The van der Waals surface area contributed by atoms with Gasteiger partial charge in [0.1, 0.15) is 16.5 Å². The summed E-state index contributed by atoms with van der Waals surface area (Å²) in [5, 5.41) is 0. The molecule has 0 aromatic rings. The summed E-state index contributed by atoms with van der Waals surface area (Å²) in [6, 6.07) is 0. The van der Waals surface area contributed by atoms with Crippen LogP contribution in [0.2, 0.25) is 58.9 Å². The number of allylic oxidation sites excluding steroid dienone is 2. The molecule has 0 radical (unpaired) electrons. The van der Waals surface area contributed by atoms with E-state index in [0.29, 0.717) is 0 Å². The minimum Gasteiger partial charge on any atom is -0.546 e. The summed E-state index contributed by atoms with van der Waals surface area (Å²) in [5.41, 5.74) is 1.51. The standard InChI is InChI=1S/C16H39NOSi3/c1-12-13-14-16(15(2)18-21(9,10)11)17(19(3,4)5)20(6,7)8/h12-14H2,1-11H3/b16-15-. The van der Waals surface area contributed by atoms with E-state index >= 15 is 0 Å². The van der Waals surface area contributed by atoms with Gasteiger partial charge in [-0.25, -0.2) is 0 Å². The predicted molar refractivity (Wildman–Crippen MR) is 105 cm³/mol. The molecule has 0 saturated heterocycles. The van der Waals surface area contributed by atoms with Crippen molar-refractivity contribution >= 4 is 24.8 Å². The largest absolute Gasteiger partial charge is 0.546 e. The van der Waals surface area contributed by atoms with Gasteiger partial charge in [0.2, 0.25) is 8.32 Å². The number of unbranched alkanes of at least 4 members (excludes halogenated alkanes) is 1. The second-order valence-electron chi connectivity index (χ2n) is 9.00. The van der Waals surface area contributed by atoms with Gasteiger partial charge in [-0.05, 0) is 39.4 Å². The van der Waals surface area contributed by atoms with Gasteiger partial charge in [0, 0.05) is 5.70 Å². The van der Waals surface area contributed by atoms with Crippen molar-refractivity contribution in [3.63, 3.8) is 0 Å². The highest BCUT2D eigenvalue weighted by molar-refractivity contribution is 6.90. The Bertz CT molecular complexity index is 345. The van der Waals surface area contributed by atoms with Crippen LogP contribution in [0.1, 0.15) is 33.1 Å². The zero-order valence-corrected chi connectivity index (χ0v) is 19.5. The summed E-state index contributed by atoms with van der Waals surface area (Å²) >= 11 is 0. The molecule has 0 aromatic heterocycles. The molecule has 0 unspecified atom stereocenters. The van der Waals surface area contributed by atoms with Crippen molar-refractivity contribution in [1.29, 1.82) is 0 Å². The molecule has 0 amide bonds. The molecule has 0 rings (SSSR count). The molecule has 0 aromatic carbocycles. The molecule has 21 heavy (non-hydrogen) atoms. The van der Waals surface area contributed by atoms with E-state index in [1.54, 1.807) is 0 Å². The lowest BCUT2D eigenvalue weighted by Crippen LogP contribution is -2.58. The van der Waals surface area contributed by atoms with Crippen LogP contribution < -0.4 is 0 Å². The molecular formula is C16H39NOSi3. The summed E-state index contributed by atoms with van der Waals surface area (Å²) in [4.78, 5) is 0. The zero-order chi connectivity index (χ0) is 17.1. The second-order valence-corrected chi connectivity index (χ2v) is 23.5. The van der Waals surface area contributed by atoms with Crippen molar-refractivity contribution in [3.05, 3.63) is 11.5 Å². The van der Waals surface area contributed by atoms with Gasteiger partial charge in [-0.1, -0.05) is 52.6 Å². The van der Waals surface area contributed by atoms with Gasteiger partial charge in [-0.15, -0.1) is 0 Å². The minimum atomic E-state index is -1.54. The highest BCUT2D eigenvalue weighted by atomic mass is 28.4. The third-order valence-corrected chi connectivity index (χ3v) is 11.4. The first-order valence-electron chi connectivity index (χ1n) is 8.39. The van der Waals surface area contributed by atoms with Gasteiger partial charge in [0.15, 0.2) is 0 Å².